The molecule has 0 saturated heterocycles. The van der Waals surface area contributed by atoms with Crippen LogP contribution in [0.15, 0.2) is 28.4 Å². The van der Waals surface area contributed by atoms with Crippen molar-refractivity contribution in [2.75, 3.05) is 5.75 Å². The van der Waals surface area contributed by atoms with Crippen molar-refractivity contribution in [3.05, 3.63) is 41.6 Å². The lowest BCUT2D eigenvalue weighted by Gasteiger charge is -2.17. The van der Waals surface area contributed by atoms with E-state index in [9.17, 15) is 4.79 Å². The summed E-state index contributed by atoms with van der Waals surface area (Å²) in [4.78, 5) is 12.6. The van der Waals surface area contributed by atoms with Crippen molar-refractivity contribution < 1.29 is 9.21 Å². The predicted octanol–water partition coefficient (Wildman–Crippen LogP) is 4.70. The zero-order valence-corrected chi connectivity index (χ0v) is 15.8. The van der Waals surface area contributed by atoms with Gasteiger partial charge in [0, 0.05) is 29.4 Å². The van der Waals surface area contributed by atoms with Gasteiger partial charge in [-0.25, -0.2) is 0 Å². The molecule has 2 heterocycles. The van der Waals surface area contributed by atoms with Crippen LogP contribution in [-0.4, -0.2) is 26.3 Å². The number of aromatic nitrogens is 3. The fourth-order valence-corrected chi connectivity index (χ4v) is 4.14. The van der Waals surface area contributed by atoms with Crippen molar-refractivity contribution in [3.8, 4) is 0 Å². The van der Waals surface area contributed by atoms with Gasteiger partial charge in [0.05, 0.1) is 5.75 Å². The van der Waals surface area contributed by atoms with E-state index in [1.54, 1.807) is 0 Å². The van der Waals surface area contributed by atoms with E-state index < -0.39 is 0 Å². The van der Waals surface area contributed by atoms with Gasteiger partial charge in [-0.3, -0.25) is 4.79 Å². The Morgan fingerprint density at radius 3 is 2.84 bits per heavy atom. The van der Waals surface area contributed by atoms with Crippen molar-refractivity contribution in [1.82, 2.24) is 14.8 Å². The highest BCUT2D eigenvalue weighted by atomic mass is 32.2. The molecule has 0 aliphatic heterocycles. The Kier molecular flexibility index (Phi) is 5.78. The predicted molar refractivity (Wildman–Crippen MR) is 99.3 cm³/mol. The highest BCUT2D eigenvalue weighted by Gasteiger charge is 2.22. The summed E-state index contributed by atoms with van der Waals surface area (Å²) < 4.78 is 7.87. The van der Waals surface area contributed by atoms with Crippen molar-refractivity contribution in [1.29, 1.82) is 0 Å². The fraction of sp³-hybridized carbons (Fsp3) is 0.526. The highest BCUT2D eigenvalue weighted by molar-refractivity contribution is 7.99. The molecule has 1 aliphatic rings. The fourth-order valence-electron chi connectivity index (χ4n) is 3.49. The number of thioether (sulfide) groups is 1. The van der Waals surface area contributed by atoms with Crippen LogP contribution in [-0.2, 0) is 6.54 Å². The second kappa shape index (κ2) is 8.04. The number of allylic oxidation sites excluding steroid dienone is 1. The molecule has 3 rings (SSSR count). The van der Waals surface area contributed by atoms with Gasteiger partial charge in [0.1, 0.15) is 0 Å². The highest BCUT2D eigenvalue weighted by Crippen LogP contribution is 2.33. The molecule has 0 N–H and O–H groups in total. The Morgan fingerprint density at radius 1 is 1.36 bits per heavy atom. The van der Waals surface area contributed by atoms with Gasteiger partial charge in [-0.2, -0.15) is 0 Å². The topological polar surface area (TPSA) is 60.9 Å². The van der Waals surface area contributed by atoms with Crippen LogP contribution in [0.2, 0.25) is 0 Å². The molecular weight excluding hydrogens is 334 g/mol. The minimum absolute atomic E-state index is 0.0887. The third-order valence-corrected chi connectivity index (χ3v) is 5.71. The zero-order chi connectivity index (χ0) is 17.8. The van der Waals surface area contributed by atoms with E-state index in [4.69, 9.17) is 4.42 Å². The standard InChI is InChI=1S/C19H25N3O2S/c1-4-10-22-13(2)11-16(14(22)3)17(23)12-25-19-21-20-18(24-19)15-8-6-5-7-9-15/h4,11,15H,1,5-10,12H2,2-3H3. The Labute approximate surface area is 152 Å². The van der Waals surface area contributed by atoms with E-state index in [0.717, 1.165) is 35.7 Å². The number of nitrogens with zero attached hydrogens (tertiary/aromatic N) is 3. The van der Waals surface area contributed by atoms with Crippen LogP contribution in [0.3, 0.4) is 0 Å². The lowest BCUT2D eigenvalue weighted by Crippen LogP contribution is -2.06. The maximum atomic E-state index is 12.6. The number of hydrogen-bond acceptors (Lipinski definition) is 5. The molecule has 5 nitrogen and oxygen atoms in total. The molecular formula is C19H25N3O2S. The third-order valence-electron chi connectivity index (χ3n) is 4.89. The van der Waals surface area contributed by atoms with E-state index in [0.29, 0.717) is 23.4 Å². The molecule has 0 unspecified atom stereocenters. The molecule has 1 aliphatic carbocycles. The minimum atomic E-state index is 0.0887. The molecule has 1 fully saturated rings. The van der Waals surface area contributed by atoms with E-state index >= 15 is 0 Å². The van der Waals surface area contributed by atoms with Gasteiger partial charge >= 0.3 is 0 Å². The summed E-state index contributed by atoms with van der Waals surface area (Å²) in [6, 6.07) is 1.95. The molecule has 0 aromatic carbocycles. The average molecular weight is 359 g/mol. The number of Topliss-reactive ketones (excluding diaryl/α,β-unsaturated/α-hetero) is 1. The number of carbonyl (C=O) groups excluding carboxylic acids is 1. The summed E-state index contributed by atoms with van der Waals surface area (Å²) in [6.07, 6.45) is 7.85. The van der Waals surface area contributed by atoms with Crippen LogP contribution in [0.1, 0.15) is 65.7 Å². The first-order valence-corrected chi connectivity index (χ1v) is 9.85. The lowest BCUT2D eigenvalue weighted by atomic mass is 9.89. The van der Waals surface area contributed by atoms with Crippen molar-refractivity contribution in [2.45, 2.75) is 63.6 Å². The summed E-state index contributed by atoms with van der Waals surface area (Å²) in [6.45, 7) is 8.47. The van der Waals surface area contributed by atoms with E-state index in [1.165, 1.54) is 31.0 Å². The Bertz CT molecular complexity index is 757. The Balaban J connectivity index is 1.62. The molecule has 0 spiro atoms. The van der Waals surface area contributed by atoms with Crippen LogP contribution < -0.4 is 0 Å². The van der Waals surface area contributed by atoms with E-state index in [1.807, 2.05) is 26.0 Å². The van der Waals surface area contributed by atoms with Gasteiger partial charge in [-0.1, -0.05) is 37.1 Å². The first-order valence-electron chi connectivity index (χ1n) is 8.87. The normalized spacial score (nSPS) is 15.4. The van der Waals surface area contributed by atoms with Gasteiger partial charge in [0.25, 0.3) is 5.22 Å². The minimum Gasteiger partial charge on any atom is -0.416 e. The van der Waals surface area contributed by atoms with Crippen molar-refractivity contribution >= 4 is 17.5 Å². The molecule has 0 atom stereocenters. The van der Waals surface area contributed by atoms with Crippen LogP contribution in [0.25, 0.3) is 0 Å². The molecule has 0 bridgehead atoms. The molecule has 2 aromatic rings. The smallest absolute Gasteiger partial charge is 0.277 e. The monoisotopic (exact) mass is 359 g/mol. The largest absolute Gasteiger partial charge is 0.416 e. The van der Waals surface area contributed by atoms with Crippen LogP contribution in [0.5, 0.6) is 0 Å². The second-order valence-corrected chi connectivity index (χ2v) is 7.56. The SMILES string of the molecule is C=CCn1c(C)cc(C(=O)CSc2nnc(C3CCCCC3)o2)c1C. The van der Waals surface area contributed by atoms with Crippen LogP contribution in [0.4, 0.5) is 0 Å². The summed E-state index contributed by atoms with van der Waals surface area (Å²) >= 11 is 1.33. The first kappa shape index (κ1) is 18.0. The van der Waals surface area contributed by atoms with Crippen LogP contribution in [0, 0.1) is 13.8 Å². The number of hydrogen-bond donors (Lipinski definition) is 0. The lowest BCUT2D eigenvalue weighted by molar-refractivity contribution is 0.102. The molecule has 2 aromatic heterocycles. The van der Waals surface area contributed by atoms with Crippen molar-refractivity contribution in [3.63, 3.8) is 0 Å². The van der Waals surface area contributed by atoms with Crippen molar-refractivity contribution in [2.24, 2.45) is 0 Å². The molecule has 0 amide bonds. The molecule has 1 saturated carbocycles. The van der Waals surface area contributed by atoms with Gasteiger partial charge in [0.2, 0.25) is 5.89 Å². The summed E-state index contributed by atoms with van der Waals surface area (Å²) in [5, 5.41) is 8.79. The maximum absolute atomic E-state index is 12.6. The number of aryl methyl sites for hydroxylation is 1. The molecule has 0 radical (unpaired) electrons. The number of rotatable bonds is 7. The maximum Gasteiger partial charge on any atom is 0.277 e. The summed E-state index contributed by atoms with van der Waals surface area (Å²) in [5.74, 6) is 1.53. The third kappa shape index (κ3) is 4.06. The van der Waals surface area contributed by atoms with Gasteiger partial charge in [0.15, 0.2) is 5.78 Å². The number of ketones is 1. The molecule has 25 heavy (non-hydrogen) atoms. The second-order valence-electron chi connectivity index (χ2n) is 6.64. The van der Waals surface area contributed by atoms with Crippen LogP contribution >= 0.6 is 11.8 Å². The zero-order valence-electron chi connectivity index (χ0n) is 15.0. The number of carbonyl (C=O) groups is 1. The van der Waals surface area contributed by atoms with Gasteiger partial charge < -0.3 is 8.98 Å². The molecule has 134 valence electrons. The Hall–Kier alpha value is -1.82. The van der Waals surface area contributed by atoms with E-state index in [2.05, 4.69) is 21.3 Å². The van der Waals surface area contributed by atoms with E-state index in [-0.39, 0.29) is 5.78 Å². The first-order chi connectivity index (χ1) is 12.1. The summed E-state index contributed by atoms with van der Waals surface area (Å²) in [5.41, 5.74) is 2.82. The molecule has 6 heteroatoms. The van der Waals surface area contributed by atoms with Gasteiger partial charge in [-0.05, 0) is 32.8 Å². The Morgan fingerprint density at radius 2 is 2.12 bits per heavy atom. The quantitative estimate of drug-likeness (QED) is 0.407. The summed E-state index contributed by atoms with van der Waals surface area (Å²) in [7, 11) is 0. The average Bonchev–Trinajstić information content (AvgIpc) is 3.21. The van der Waals surface area contributed by atoms with Gasteiger partial charge in [-0.15, -0.1) is 16.8 Å².